The van der Waals surface area contributed by atoms with Crippen molar-refractivity contribution in [1.29, 1.82) is 0 Å². The monoisotopic (exact) mass is 293 g/mol. The molecule has 1 saturated carbocycles. The van der Waals surface area contributed by atoms with E-state index < -0.39 is 22.0 Å². The molecule has 1 aliphatic heterocycles. The zero-order valence-electron chi connectivity index (χ0n) is 10.6. The van der Waals surface area contributed by atoms with Crippen molar-refractivity contribution in [2.24, 2.45) is 11.8 Å². The van der Waals surface area contributed by atoms with Crippen LogP contribution in [-0.4, -0.2) is 46.7 Å². The summed E-state index contributed by atoms with van der Waals surface area (Å²) in [5.41, 5.74) is 0. The van der Waals surface area contributed by atoms with Crippen LogP contribution in [0.25, 0.3) is 0 Å². The summed E-state index contributed by atoms with van der Waals surface area (Å²) in [7, 11) is -3.48. The van der Waals surface area contributed by atoms with E-state index in [2.05, 4.69) is 0 Å². The van der Waals surface area contributed by atoms with Gasteiger partial charge < -0.3 is 5.11 Å². The van der Waals surface area contributed by atoms with E-state index in [9.17, 15) is 18.3 Å². The fourth-order valence-corrected chi connectivity index (χ4v) is 6.53. The van der Waals surface area contributed by atoms with Crippen molar-refractivity contribution in [3.05, 3.63) is 0 Å². The van der Waals surface area contributed by atoms with Gasteiger partial charge in [0, 0.05) is 5.75 Å². The largest absolute Gasteiger partial charge is 0.480 e. The third kappa shape index (κ3) is 2.83. The van der Waals surface area contributed by atoms with Crippen molar-refractivity contribution < 1.29 is 18.3 Å². The van der Waals surface area contributed by atoms with Crippen LogP contribution in [0.15, 0.2) is 0 Å². The molecule has 7 heteroatoms. The number of hydrogen-bond donors (Lipinski definition) is 1. The van der Waals surface area contributed by atoms with Gasteiger partial charge in [-0.15, -0.1) is 11.8 Å². The lowest BCUT2D eigenvalue weighted by atomic mass is 10.3. The Morgan fingerprint density at radius 3 is 2.50 bits per heavy atom. The zero-order valence-corrected chi connectivity index (χ0v) is 12.2. The van der Waals surface area contributed by atoms with Crippen LogP contribution >= 0.6 is 11.8 Å². The Balaban J connectivity index is 2.25. The first kappa shape index (κ1) is 14.1. The number of rotatable bonds is 5. The average Bonchev–Trinajstić information content (AvgIpc) is 2.94. The van der Waals surface area contributed by atoms with Crippen LogP contribution in [0.5, 0.6) is 0 Å². The smallest absolute Gasteiger partial charge is 0.322 e. The summed E-state index contributed by atoms with van der Waals surface area (Å²) in [5, 5.41) is 9.02. The number of carboxylic acids is 1. The molecule has 0 aromatic rings. The second kappa shape index (κ2) is 5.02. The highest BCUT2D eigenvalue weighted by molar-refractivity contribution is 8.01. The van der Waals surface area contributed by atoms with E-state index in [0.717, 1.165) is 12.8 Å². The molecule has 104 valence electrons. The molecular formula is C11H19NO4S2. The van der Waals surface area contributed by atoms with Crippen LogP contribution in [-0.2, 0) is 14.8 Å². The number of sulfonamides is 1. The van der Waals surface area contributed by atoms with Gasteiger partial charge in [-0.05, 0) is 24.7 Å². The summed E-state index contributed by atoms with van der Waals surface area (Å²) < 4.78 is 26.0. The molecule has 1 saturated heterocycles. The lowest BCUT2D eigenvalue weighted by Gasteiger charge is -2.27. The quantitative estimate of drug-likeness (QED) is 0.824. The van der Waals surface area contributed by atoms with Gasteiger partial charge in [-0.2, -0.15) is 4.31 Å². The van der Waals surface area contributed by atoms with E-state index in [-0.39, 0.29) is 17.0 Å². The van der Waals surface area contributed by atoms with Gasteiger partial charge >= 0.3 is 5.97 Å². The predicted molar refractivity (Wildman–Crippen MR) is 70.9 cm³/mol. The maximum Gasteiger partial charge on any atom is 0.322 e. The maximum absolute atomic E-state index is 12.4. The molecule has 0 radical (unpaired) electrons. The highest BCUT2D eigenvalue weighted by atomic mass is 32.2. The average molecular weight is 293 g/mol. The summed E-state index contributed by atoms with van der Waals surface area (Å²) in [4.78, 5) is 11.2. The molecule has 5 nitrogen and oxygen atoms in total. The molecule has 0 spiro atoms. The molecule has 0 amide bonds. The second-order valence-electron chi connectivity index (χ2n) is 5.42. The fraction of sp³-hybridized carbons (Fsp3) is 0.909. The molecule has 18 heavy (non-hydrogen) atoms. The first-order valence-electron chi connectivity index (χ1n) is 6.18. The molecule has 0 aromatic heterocycles. The lowest BCUT2D eigenvalue weighted by molar-refractivity contribution is -0.140. The van der Waals surface area contributed by atoms with Gasteiger partial charge in [-0.1, -0.05) is 13.8 Å². The minimum absolute atomic E-state index is 0.00916. The molecule has 1 N–H and O–H groups in total. The highest BCUT2D eigenvalue weighted by Crippen LogP contribution is 2.46. The molecule has 2 unspecified atom stereocenters. The number of carboxylic acid groups (broad SMARTS) is 1. The Bertz CT molecular complexity index is 430. The highest BCUT2D eigenvalue weighted by Gasteiger charge is 2.50. The Morgan fingerprint density at radius 2 is 2.06 bits per heavy atom. The van der Waals surface area contributed by atoms with Crippen molar-refractivity contribution in [2.75, 3.05) is 11.5 Å². The van der Waals surface area contributed by atoms with E-state index >= 15 is 0 Å². The van der Waals surface area contributed by atoms with Crippen molar-refractivity contribution >= 4 is 27.8 Å². The van der Waals surface area contributed by atoms with Gasteiger partial charge in [0.2, 0.25) is 10.0 Å². The third-order valence-corrected chi connectivity index (χ3v) is 6.97. The van der Waals surface area contributed by atoms with Crippen LogP contribution in [0.1, 0.15) is 26.7 Å². The lowest BCUT2D eigenvalue weighted by Crippen LogP contribution is -2.47. The summed E-state index contributed by atoms with van der Waals surface area (Å²) >= 11 is 1.48. The molecule has 2 aliphatic rings. The Kier molecular flexibility index (Phi) is 3.94. The molecular weight excluding hydrogens is 274 g/mol. The first-order valence-corrected chi connectivity index (χ1v) is 8.84. The van der Waals surface area contributed by atoms with E-state index in [1.54, 1.807) is 0 Å². The SMILES string of the molecule is CC(C)CS(=O)(=O)N1C(C(=O)O)CSC1C1CC1. The molecule has 1 heterocycles. The van der Waals surface area contributed by atoms with Crippen LogP contribution in [0.2, 0.25) is 0 Å². The summed E-state index contributed by atoms with van der Waals surface area (Å²) in [6.45, 7) is 3.67. The number of aliphatic carboxylic acids is 1. The molecule has 2 atom stereocenters. The predicted octanol–water partition coefficient (Wildman–Crippen LogP) is 1.21. The van der Waals surface area contributed by atoms with E-state index in [0.29, 0.717) is 11.7 Å². The number of nitrogens with zero attached hydrogens (tertiary/aromatic N) is 1. The van der Waals surface area contributed by atoms with Crippen LogP contribution in [0.4, 0.5) is 0 Å². The van der Waals surface area contributed by atoms with Crippen LogP contribution < -0.4 is 0 Å². The van der Waals surface area contributed by atoms with Gasteiger partial charge in [-0.3, -0.25) is 4.79 Å². The van der Waals surface area contributed by atoms with Crippen LogP contribution in [0.3, 0.4) is 0 Å². The molecule has 0 bridgehead atoms. The Hall–Kier alpha value is -0.270. The van der Waals surface area contributed by atoms with Crippen molar-refractivity contribution in [2.45, 2.75) is 38.1 Å². The first-order chi connectivity index (χ1) is 8.33. The molecule has 2 fully saturated rings. The molecule has 1 aliphatic carbocycles. The summed E-state index contributed by atoms with van der Waals surface area (Å²) in [6, 6.07) is -0.885. The Labute approximate surface area is 112 Å². The van der Waals surface area contributed by atoms with Crippen LogP contribution in [0, 0.1) is 11.8 Å². The van der Waals surface area contributed by atoms with E-state index in [1.807, 2.05) is 13.8 Å². The zero-order chi connectivity index (χ0) is 13.5. The minimum atomic E-state index is -3.48. The number of hydrogen-bond acceptors (Lipinski definition) is 4. The van der Waals surface area contributed by atoms with Gasteiger partial charge in [0.25, 0.3) is 0 Å². The molecule has 2 rings (SSSR count). The summed E-state index contributed by atoms with van der Waals surface area (Å²) in [6.07, 6.45) is 2.02. The maximum atomic E-state index is 12.4. The number of thioether (sulfide) groups is 1. The minimum Gasteiger partial charge on any atom is -0.480 e. The normalized spacial score (nSPS) is 29.9. The van der Waals surface area contributed by atoms with Gasteiger partial charge in [0.1, 0.15) is 6.04 Å². The van der Waals surface area contributed by atoms with Gasteiger partial charge in [0.05, 0.1) is 11.1 Å². The van der Waals surface area contributed by atoms with E-state index in [1.165, 1.54) is 16.1 Å². The third-order valence-electron chi connectivity index (χ3n) is 3.16. The van der Waals surface area contributed by atoms with E-state index in [4.69, 9.17) is 0 Å². The van der Waals surface area contributed by atoms with Gasteiger partial charge in [-0.25, -0.2) is 8.42 Å². The van der Waals surface area contributed by atoms with Crippen molar-refractivity contribution in [1.82, 2.24) is 4.31 Å². The number of carbonyl (C=O) groups is 1. The molecule has 0 aromatic carbocycles. The van der Waals surface area contributed by atoms with Gasteiger partial charge in [0.15, 0.2) is 0 Å². The second-order valence-corrected chi connectivity index (χ2v) is 8.49. The van der Waals surface area contributed by atoms with Crippen molar-refractivity contribution in [3.63, 3.8) is 0 Å². The topological polar surface area (TPSA) is 74.7 Å². The summed E-state index contributed by atoms with van der Waals surface area (Å²) in [5.74, 6) is -0.275. The van der Waals surface area contributed by atoms with Crippen molar-refractivity contribution in [3.8, 4) is 0 Å². The fourth-order valence-electron chi connectivity index (χ4n) is 2.28. The Morgan fingerprint density at radius 1 is 1.44 bits per heavy atom. The standard InChI is InChI=1S/C11H19NO4S2/c1-7(2)6-18(15,16)12-9(11(13)14)5-17-10(12)8-3-4-8/h7-10H,3-6H2,1-2H3,(H,13,14).